The van der Waals surface area contributed by atoms with Crippen LogP contribution in [0.25, 0.3) is 10.9 Å². The molecule has 2 amide bonds. The van der Waals surface area contributed by atoms with E-state index in [0.29, 0.717) is 35.6 Å². The summed E-state index contributed by atoms with van der Waals surface area (Å²) in [5, 5.41) is 0.551. The molecule has 7 nitrogen and oxygen atoms in total. The predicted octanol–water partition coefficient (Wildman–Crippen LogP) is 1.56. The summed E-state index contributed by atoms with van der Waals surface area (Å²) in [4.78, 5) is 46.3. The van der Waals surface area contributed by atoms with Gasteiger partial charge in [0.25, 0.3) is 5.56 Å². The lowest BCUT2D eigenvalue weighted by molar-refractivity contribution is -0.122. The van der Waals surface area contributed by atoms with Gasteiger partial charge in [0, 0.05) is 20.1 Å². The zero-order chi connectivity index (χ0) is 19.4. The van der Waals surface area contributed by atoms with E-state index in [9.17, 15) is 14.4 Å². The van der Waals surface area contributed by atoms with E-state index in [2.05, 4.69) is 4.98 Å². The first-order chi connectivity index (χ1) is 13.6. The number of para-hydroxylation sites is 2. The number of imide groups is 1. The van der Waals surface area contributed by atoms with Crippen molar-refractivity contribution in [3.63, 3.8) is 0 Å². The Bertz CT molecular complexity index is 1150. The molecule has 0 bridgehead atoms. The molecule has 2 unspecified atom stereocenters. The van der Waals surface area contributed by atoms with E-state index in [0.717, 1.165) is 0 Å². The maximum absolute atomic E-state index is 12.9. The van der Waals surface area contributed by atoms with Gasteiger partial charge >= 0.3 is 0 Å². The molecule has 0 spiro atoms. The third-order valence-electron chi connectivity index (χ3n) is 5.65. The van der Waals surface area contributed by atoms with Crippen LogP contribution in [0, 0.1) is 11.8 Å². The molecular formula is C21H18N4O3. The van der Waals surface area contributed by atoms with Gasteiger partial charge in [-0.05, 0) is 24.3 Å². The standard InChI is InChI=1S/C21H18N4O3/c1-23-18(26)14-9-5-6-10-17(14)22-21(23)24-11-15-16(12-24)20(28)25(19(15)27)13-7-3-2-4-8-13/h2-10,15-16H,11-12H2,1H3. The van der Waals surface area contributed by atoms with Crippen LogP contribution in [0.15, 0.2) is 59.4 Å². The number of carbonyl (C=O) groups is 2. The van der Waals surface area contributed by atoms with Crippen LogP contribution in [-0.4, -0.2) is 34.5 Å². The van der Waals surface area contributed by atoms with E-state index >= 15 is 0 Å². The summed E-state index contributed by atoms with van der Waals surface area (Å²) in [5.41, 5.74) is 1.08. The lowest BCUT2D eigenvalue weighted by Gasteiger charge is -2.23. The Hall–Kier alpha value is -3.48. The molecule has 2 atom stereocenters. The minimum Gasteiger partial charge on any atom is -0.341 e. The molecule has 0 N–H and O–H groups in total. The highest BCUT2D eigenvalue weighted by Gasteiger charge is 2.53. The molecule has 2 saturated heterocycles. The Morgan fingerprint density at radius 3 is 2.14 bits per heavy atom. The SMILES string of the molecule is Cn1c(N2CC3C(=O)N(c4ccccc4)C(=O)C3C2)nc2ccccc2c1=O. The predicted molar refractivity (Wildman–Crippen MR) is 105 cm³/mol. The van der Waals surface area contributed by atoms with Crippen LogP contribution in [0.2, 0.25) is 0 Å². The number of aromatic nitrogens is 2. The van der Waals surface area contributed by atoms with Gasteiger partial charge in [0.05, 0.1) is 28.4 Å². The maximum Gasteiger partial charge on any atom is 0.262 e. The van der Waals surface area contributed by atoms with Crippen LogP contribution in [0.3, 0.4) is 0 Å². The van der Waals surface area contributed by atoms with Crippen molar-refractivity contribution in [3.05, 3.63) is 65.0 Å². The van der Waals surface area contributed by atoms with E-state index in [1.807, 2.05) is 29.2 Å². The first kappa shape index (κ1) is 16.7. The second kappa shape index (κ2) is 6.02. The topological polar surface area (TPSA) is 75.5 Å². The van der Waals surface area contributed by atoms with Crippen LogP contribution in [-0.2, 0) is 16.6 Å². The van der Waals surface area contributed by atoms with Crippen LogP contribution in [0.5, 0.6) is 0 Å². The van der Waals surface area contributed by atoms with Crippen molar-refractivity contribution in [3.8, 4) is 0 Å². The number of fused-ring (bicyclic) bond motifs is 2. The van der Waals surface area contributed by atoms with Crippen molar-refractivity contribution >= 4 is 34.4 Å². The number of hydrogen-bond donors (Lipinski definition) is 0. The molecule has 7 heteroatoms. The molecule has 5 rings (SSSR count). The van der Waals surface area contributed by atoms with Crippen molar-refractivity contribution in [2.75, 3.05) is 22.9 Å². The van der Waals surface area contributed by atoms with Crippen molar-refractivity contribution in [1.82, 2.24) is 9.55 Å². The molecule has 2 fully saturated rings. The number of nitrogens with zero attached hydrogens (tertiary/aromatic N) is 4. The van der Waals surface area contributed by atoms with Gasteiger partial charge in [-0.15, -0.1) is 0 Å². The smallest absolute Gasteiger partial charge is 0.262 e. The summed E-state index contributed by atoms with van der Waals surface area (Å²) < 4.78 is 1.49. The fourth-order valence-corrected chi connectivity index (χ4v) is 4.23. The molecule has 3 aromatic rings. The van der Waals surface area contributed by atoms with Gasteiger partial charge in [-0.1, -0.05) is 30.3 Å². The second-order valence-electron chi connectivity index (χ2n) is 7.26. The van der Waals surface area contributed by atoms with Crippen LogP contribution < -0.4 is 15.4 Å². The largest absolute Gasteiger partial charge is 0.341 e. The molecule has 2 aliphatic rings. The molecule has 0 saturated carbocycles. The molecule has 3 heterocycles. The van der Waals surface area contributed by atoms with E-state index < -0.39 is 11.8 Å². The minimum atomic E-state index is -0.420. The summed E-state index contributed by atoms with van der Waals surface area (Å²) in [6.07, 6.45) is 0. The number of amides is 2. The fourth-order valence-electron chi connectivity index (χ4n) is 4.23. The van der Waals surface area contributed by atoms with Crippen molar-refractivity contribution in [1.29, 1.82) is 0 Å². The molecule has 0 aliphatic carbocycles. The van der Waals surface area contributed by atoms with Gasteiger partial charge in [-0.3, -0.25) is 19.0 Å². The van der Waals surface area contributed by atoms with Crippen LogP contribution in [0.1, 0.15) is 0 Å². The molecule has 0 radical (unpaired) electrons. The van der Waals surface area contributed by atoms with Gasteiger partial charge in [0.1, 0.15) is 0 Å². The summed E-state index contributed by atoms with van der Waals surface area (Å²) in [6, 6.07) is 16.2. The zero-order valence-electron chi connectivity index (χ0n) is 15.3. The summed E-state index contributed by atoms with van der Waals surface area (Å²) in [7, 11) is 1.67. The molecule has 2 aliphatic heterocycles. The molecular weight excluding hydrogens is 356 g/mol. The number of carbonyl (C=O) groups excluding carboxylic acids is 2. The van der Waals surface area contributed by atoms with Crippen molar-refractivity contribution < 1.29 is 9.59 Å². The Labute approximate surface area is 160 Å². The quantitative estimate of drug-likeness (QED) is 0.637. The van der Waals surface area contributed by atoms with E-state index in [4.69, 9.17) is 0 Å². The van der Waals surface area contributed by atoms with Crippen molar-refractivity contribution in [2.24, 2.45) is 18.9 Å². The van der Waals surface area contributed by atoms with E-state index in [1.54, 1.807) is 37.4 Å². The average Bonchev–Trinajstić information content (AvgIpc) is 3.25. The Balaban J connectivity index is 1.49. The Kier molecular flexibility index (Phi) is 3.58. The Morgan fingerprint density at radius 1 is 0.857 bits per heavy atom. The highest BCUT2D eigenvalue weighted by molar-refractivity contribution is 6.22. The highest BCUT2D eigenvalue weighted by Crippen LogP contribution is 2.37. The van der Waals surface area contributed by atoms with E-state index in [1.165, 1.54) is 9.47 Å². The summed E-state index contributed by atoms with van der Waals surface area (Å²) in [5.74, 6) is -0.721. The lowest BCUT2D eigenvalue weighted by atomic mass is 10.00. The monoisotopic (exact) mass is 374 g/mol. The van der Waals surface area contributed by atoms with Gasteiger partial charge in [0.15, 0.2) is 0 Å². The third kappa shape index (κ3) is 2.29. The third-order valence-corrected chi connectivity index (χ3v) is 5.65. The number of rotatable bonds is 2. The van der Waals surface area contributed by atoms with Gasteiger partial charge in [-0.2, -0.15) is 0 Å². The number of anilines is 2. The van der Waals surface area contributed by atoms with Crippen LogP contribution in [0.4, 0.5) is 11.6 Å². The van der Waals surface area contributed by atoms with Crippen molar-refractivity contribution in [2.45, 2.75) is 0 Å². The first-order valence-corrected chi connectivity index (χ1v) is 9.20. The minimum absolute atomic E-state index is 0.138. The summed E-state index contributed by atoms with van der Waals surface area (Å²) in [6.45, 7) is 0.744. The lowest BCUT2D eigenvalue weighted by Crippen LogP contribution is -2.38. The molecule has 1 aromatic heterocycles. The first-order valence-electron chi connectivity index (χ1n) is 9.20. The van der Waals surface area contributed by atoms with Gasteiger partial charge < -0.3 is 4.90 Å². The molecule has 140 valence electrons. The fraction of sp³-hybridized carbons (Fsp3) is 0.238. The maximum atomic E-state index is 12.9. The number of hydrogen-bond acceptors (Lipinski definition) is 5. The Morgan fingerprint density at radius 2 is 1.46 bits per heavy atom. The normalized spacial score (nSPS) is 21.6. The number of benzene rings is 2. The van der Waals surface area contributed by atoms with Gasteiger partial charge in [-0.25, -0.2) is 9.88 Å². The van der Waals surface area contributed by atoms with E-state index in [-0.39, 0.29) is 17.4 Å². The summed E-state index contributed by atoms with van der Waals surface area (Å²) >= 11 is 0. The average molecular weight is 374 g/mol. The van der Waals surface area contributed by atoms with Gasteiger partial charge in [0.2, 0.25) is 17.8 Å². The molecule has 2 aromatic carbocycles. The van der Waals surface area contributed by atoms with Crippen LogP contribution >= 0.6 is 0 Å². The second-order valence-corrected chi connectivity index (χ2v) is 7.26. The highest BCUT2D eigenvalue weighted by atomic mass is 16.2. The molecule has 28 heavy (non-hydrogen) atoms. The zero-order valence-corrected chi connectivity index (χ0v) is 15.3.